The lowest BCUT2D eigenvalue weighted by Crippen LogP contribution is -2.38. The van der Waals surface area contributed by atoms with Crippen LogP contribution in [-0.4, -0.2) is 11.6 Å². The van der Waals surface area contributed by atoms with Gasteiger partial charge < -0.3 is 5.32 Å². The second-order valence-corrected chi connectivity index (χ2v) is 4.27. The molecule has 0 atom stereocenters. The third-order valence-corrected chi connectivity index (χ3v) is 2.42. The van der Waals surface area contributed by atoms with Crippen molar-refractivity contribution in [2.45, 2.75) is 26.1 Å². The van der Waals surface area contributed by atoms with Gasteiger partial charge in [-0.1, -0.05) is 6.07 Å². The predicted molar refractivity (Wildman–Crippen MR) is 51.4 cm³/mol. The summed E-state index contributed by atoms with van der Waals surface area (Å²) in [5.74, 6) is -0.569. The molecule has 0 unspecified atom stereocenters. The van der Waals surface area contributed by atoms with Crippen molar-refractivity contribution in [1.82, 2.24) is 5.32 Å². The van der Waals surface area contributed by atoms with E-state index in [0.29, 0.717) is 6.54 Å². The van der Waals surface area contributed by atoms with E-state index in [4.69, 9.17) is 0 Å². The Bertz CT molecular complexity index is 276. The fourth-order valence-corrected chi connectivity index (χ4v) is 1.44. The van der Waals surface area contributed by atoms with Crippen LogP contribution in [0.25, 0.3) is 0 Å². The lowest BCUT2D eigenvalue weighted by Gasteiger charge is -2.13. The Morgan fingerprint density at radius 1 is 1.69 bits per heavy atom. The van der Waals surface area contributed by atoms with E-state index in [0.717, 1.165) is 4.88 Å². The highest BCUT2D eigenvalue weighted by molar-refractivity contribution is 7.09. The topological polar surface area (TPSA) is 29.1 Å². The highest BCUT2D eigenvalue weighted by atomic mass is 32.1. The van der Waals surface area contributed by atoms with Crippen molar-refractivity contribution >= 4 is 17.2 Å². The lowest BCUT2D eigenvalue weighted by molar-refractivity contribution is -0.130. The van der Waals surface area contributed by atoms with Crippen molar-refractivity contribution in [1.29, 1.82) is 0 Å². The summed E-state index contributed by atoms with van der Waals surface area (Å²) in [6.07, 6.45) is 0. The first-order valence-corrected chi connectivity index (χ1v) is 4.88. The largest absolute Gasteiger partial charge is 0.348 e. The van der Waals surface area contributed by atoms with Crippen LogP contribution >= 0.6 is 11.3 Å². The van der Waals surface area contributed by atoms with Gasteiger partial charge in [0, 0.05) is 4.88 Å². The average Bonchev–Trinajstić information content (AvgIpc) is 2.50. The zero-order chi connectivity index (χ0) is 9.90. The van der Waals surface area contributed by atoms with Crippen LogP contribution in [0, 0.1) is 0 Å². The van der Waals surface area contributed by atoms with Crippen molar-refractivity contribution in [3.05, 3.63) is 22.4 Å². The Morgan fingerprint density at radius 2 is 2.38 bits per heavy atom. The molecule has 1 N–H and O–H groups in total. The molecule has 0 aliphatic heterocycles. The van der Waals surface area contributed by atoms with Crippen LogP contribution in [0.2, 0.25) is 0 Å². The van der Waals surface area contributed by atoms with Crippen molar-refractivity contribution in [2.24, 2.45) is 0 Å². The maximum absolute atomic E-state index is 13.0. The van der Waals surface area contributed by atoms with Gasteiger partial charge in [0.25, 0.3) is 5.91 Å². The predicted octanol–water partition coefficient (Wildman–Crippen LogP) is 2.11. The van der Waals surface area contributed by atoms with Gasteiger partial charge in [0.1, 0.15) is 0 Å². The van der Waals surface area contributed by atoms with E-state index in [-0.39, 0.29) is 0 Å². The maximum Gasteiger partial charge on any atom is 0.257 e. The molecule has 13 heavy (non-hydrogen) atoms. The molecular weight excluding hydrogens is 189 g/mol. The standard InChI is InChI=1S/C9H12FNOS/c1-9(2,10)8(12)11-6-7-4-3-5-13-7/h3-5H,6H2,1-2H3,(H,11,12). The van der Waals surface area contributed by atoms with Crippen molar-refractivity contribution in [2.75, 3.05) is 0 Å². The third-order valence-electron chi connectivity index (χ3n) is 1.54. The van der Waals surface area contributed by atoms with E-state index in [2.05, 4.69) is 5.32 Å². The first kappa shape index (κ1) is 10.2. The number of hydrogen-bond donors (Lipinski definition) is 1. The van der Waals surface area contributed by atoms with Crippen LogP contribution in [0.4, 0.5) is 4.39 Å². The molecule has 1 rings (SSSR count). The normalized spacial score (nSPS) is 11.3. The molecule has 1 aromatic rings. The fourth-order valence-electron chi connectivity index (χ4n) is 0.791. The van der Waals surface area contributed by atoms with E-state index in [9.17, 15) is 9.18 Å². The molecule has 0 fully saturated rings. The van der Waals surface area contributed by atoms with Gasteiger partial charge in [-0.3, -0.25) is 4.79 Å². The summed E-state index contributed by atoms with van der Waals surface area (Å²) in [6.45, 7) is 2.90. The van der Waals surface area contributed by atoms with Gasteiger partial charge in [-0.05, 0) is 25.3 Å². The Hall–Kier alpha value is -0.900. The molecule has 0 bridgehead atoms. The first-order chi connectivity index (χ1) is 6.00. The minimum Gasteiger partial charge on any atom is -0.348 e. The number of halogens is 1. The molecule has 72 valence electrons. The third kappa shape index (κ3) is 3.14. The summed E-state index contributed by atoms with van der Waals surface area (Å²) in [7, 11) is 0. The van der Waals surface area contributed by atoms with Crippen molar-refractivity contribution in [3.63, 3.8) is 0 Å². The second kappa shape index (κ2) is 3.87. The number of alkyl halides is 1. The van der Waals surface area contributed by atoms with Crippen molar-refractivity contribution < 1.29 is 9.18 Å². The van der Waals surface area contributed by atoms with E-state index in [1.807, 2.05) is 17.5 Å². The molecule has 1 aromatic heterocycles. The molecule has 0 aliphatic carbocycles. The summed E-state index contributed by atoms with van der Waals surface area (Å²) in [5.41, 5.74) is -1.79. The maximum atomic E-state index is 13.0. The van der Waals surface area contributed by atoms with E-state index < -0.39 is 11.6 Å². The number of thiophene rings is 1. The zero-order valence-electron chi connectivity index (χ0n) is 7.63. The van der Waals surface area contributed by atoms with Gasteiger partial charge >= 0.3 is 0 Å². The Balaban J connectivity index is 2.40. The summed E-state index contributed by atoms with van der Waals surface area (Å²) in [6, 6.07) is 3.79. The Morgan fingerprint density at radius 3 is 2.85 bits per heavy atom. The number of carbonyl (C=O) groups is 1. The summed E-state index contributed by atoms with van der Waals surface area (Å²) in [4.78, 5) is 12.1. The molecule has 0 aromatic carbocycles. The van der Waals surface area contributed by atoms with Crippen LogP contribution in [-0.2, 0) is 11.3 Å². The highest BCUT2D eigenvalue weighted by Gasteiger charge is 2.25. The molecule has 0 spiro atoms. The molecule has 1 heterocycles. The lowest BCUT2D eigenvalue weighted by atomic mass is 10.1. The van der Waals surface area contributed by atoms with E-state index >= 15 is 0 Å². The molecule has 4 heteroatoms. The van der Waals surface area contributed by atoms with E-state index in [1.54, 1.807) is 0 Å². The summed E-state index contributed by atoms with van der Waals surface area (Å²) >= 11 is 1.54. The number of carbonyl (C=O) groups excluding carboxylic acids is 1. The average molecular weight is 201 g/mol. The number of hydrogen-bond acceptors (Lipinski definition) is 2. The highest BCUT2D eigenvalue weighted by Crippen LogP contribution is 2.10. The molecule has 0 saturated heterocycles. The molecule has 0 saturated carbocycles. The SMILES string of the molecule is CC(C)(F)C(=O)NCc1cccs1. The molecule has 2 nitrogen and oxygen atoms in total. The monoisotopic (exact) mass is 201 g/mol. The number of nitrogens with one attached hydrogen (secondary N) is 1. The van der Waals surface area contributed by atoms with Crippen LogP contribution in [0.3, 0.4) is 0 Å². The minimum atomic E-state index is -1.79. The first-order valence-electron chi connectivity index (χ1n) is 4.00. The number of rotatable bonds is 3. The van der Waals surface area contributed by atoms with Crippen molar-refractivity contribution in [3.8, 4) is 0 Å². The van der Waals surface area contributed by atoms with Crippen LogP contribution < -0.4 is 5.32 Å². The molecule has 1 amide bonds. The van der Waals surface area contributed by atoms with Crippen LogP contribution in [0.1, 0.15) is 18.7 Å². The molecule has 0 radical (unpaired) electrons. The Labute approximate surface area is 80.8 Å². The molecular formula is C9H12FNOS. The molecule has 0 aliphatic rings. The summed E-state index contributed by atoms with van der Waals surface area (Å²) in [5, 5.41) is 4.44. The van der Waals surface area contributed by atoms with Gasteiger partial charge in [-0.15, -0.1) is 11.3 Å². The fraction of sp³-hybridized carbons (Fsp3) is 0.444. The van der Waals surface area contributed by atoms with Gasteiger partial charge in [0.15, 0.2) is 5.67 Å². The van der Waals surface area contributed by atoms with Gasteiger partial charge in [0.05, 0.1) is 6.54 Å². The zero-order valence-corrected chi connectivity index (χ0v) is 8.45. The summed E-state index contributed by atoms with van der Waals surface area (Å²) < 4.78 is 13.0. The van der Waals surface area contributed by atoms with Crippen LogP contribution in [0.15, 0.2) is 17.5 Å². The van der Waals surface area contributed by atoms with Crippen LogP contribution in [0.5, 0.6) is 0 Å². The Kier molecular flexibility index (Phi) is 3.03. The smallest absolute Gasteiger partial charge is 0.257 e. The van der Waals surface area contributed by atoms with Gasteiger partial charge in [-0.25, -0.2) is 4.39 Å². The minimum absolute atomic E-state index is 0.407. The van der Waals surface area contributed by atoms with Gasteiger partial charge in [0.2, 0.25) is 0 Å². The number of amides is 1. The second-order valence-electron chi connectivity index (χ2n) is 3.23. The van der Waals surface area contributed by atoms with E-state index in [1.165, 1.54) is 25.2 Å². The van der Waals surface area contributed by atoms with Gasteiger partial charge in [-0.2, -0.15) is 0 Å². The quantitative estimate of drug-likeness (QED) is 0.797.